The number of nitrogens with one attached hydrogen (secondary N) is 1. The van der Waals surface area contributed by atoms with E-state index in [1.807, 2.05) is 4.90 Å². The van der Waals surface area contributed by atoms with E-state index in [2.05, 4.69) is 15.2 Å². The van der Waals surface area contributed by atoms with Crippen LogP contribution in [-0.2, 0) is 4.74 Å². The van der Waals surface area contributed by atoms with Gasteiger partial charge < -0.3 is 19.5 Å². The van der Waals surface area contributed by atoms with Gasteiger partial charge in [-0.1, -0.05) is 0 Å². The average molecular weight is 278 g/mol. The molecule has 0 unspecified atom stereocenters. The lowest BCUT2D eigenvalue weighted by atomic mass is 10.2. The lowest BCUT2D eigenvalue weighted by Gasteiger charge is -2.29. The van der Waals surface area contributed by atoms with Gasteiger partial charge in [-0.3, -0.25) is 5.10 Å². The number of fused-ring (bicyclic) bond motifs is 1. The van der Waals surface area contributed by atoms with E-state index in [4.69, 9.17) is 9.47 Å². The van der Waals surface area contributed by atoms with E-state index in [9.17, 15) is 9.90 Å². The maximum atomic E-state index is 11.4. The number of hydrogen-bond donors (Lipinski definition) is 2. The van der Waals surface area contributed by atoms with Gasteiger partial charge in [-0.05, 0) is 0 Å². The standard InChI is InChI=1S/C12H14N4O4/c1-19-10-7-6-13-15-8(7)9(12(17)18)14-11(10)16-2-4-20-5-3-16/h6H,2-5H2,1H3,(H,13,15)(H,17,18). The van der Waals surface area contributed by atoms with E-state index < -0.39 is 5.97 Å². The van der Waals surface area contributed by atoms with E-state index >= 15 is 0 Å². The van der Waals surface area contributed by atoms with Crippen LogP contribution in [0.4, 0.5) is 5.82 Å². The van der Waals surface area contributed by atoms with Crippen LogP contribution in [0.25, 0.3) is 10.9 Å². The van der Waals surface area contributed by atoms with Gasteiger partial charge in [0.05, 0.1) is 31.9 Å². The Hall–Kier alpha value is -2.35. The molecule has 8 nitrogen and oxygen atoms in total. The van der Waals surface area contributed by atoms with Crippen molar-refractivity contribution in [1.29, 1.82) is 0 Å². The number of hydrogen-bond acceptors (Lipinski definition) is 6. The van der Waals surface area contributed by atoms with Gasteiger partial charge in [0, 0.05) is 13.1 Å². The fourth-order valence-electron chi connectivity index (χ4n) is 2.32. The summed E-state index contributed by atoms with van der Waals surface area (Å²) in [5.74, 6) is -0.0563. The SMILES string of the molecule is COc1c(N2CCOCC2)nc(C(=O)O)c2[nH]ncc12. The molecule has 0 bridgehead atoms. The van der Waals surface area contributed by atoms with Crippen LogP contribution in [-0.4, -0.2) is 59.7 Å². The average Bonchev–Trinajstić information content (AvgIpc) is 2.95. The smallest absolute Gasteiger partial charge is 0.356 e. The third kappa shape index (κ3) is 1.94. The van der Waals surface area contributed by atoms with Gasteiger partial charge in [0.1, 0.15) is 5.52 Å². The zero-order chi connectivity index (χ0) is 14.1. The van der Waals surface area contributed by atoms with Gasteiger partial charge in [-0.25, -0.2) is 9.78 Å². The minimum atomic E-state index is -1.10. The molecule has 0 aliphatic carbocycles. The highest BCUT2D eigenvalue weighted by Crippen LogP contribution is 2.35. The largest absolute Gasteiger partial charge is 0.492 e. The normalized spacial score (nSPS) is 15.6. The minimum absolute atomic E-state index is 0.0557. The number of ether oxygens (including phenoxy) is 2. The number of methoxy groups -OCH3 is 1. The second kappa shape index (κ2) is 4.97. The molecule has 8 heteroatoms. The number of anilines is 1. The molecular formula is C12H14N4O4. The van der Waals surface area contributed by atoms with Gasteiger partial charge in [0.25, 0.3) is 0 Å². The van der Waals surface area contributed by atoms with Crippen LogP contribution in [0.5, 0.6) is 5.75 Å². The number of rotatable bonds is 3. The van der Waals surface area contributed by atoms with Crippen molar-refractivity contribution >= 4 is 22.7 Å². The quantitative estimate of drug-likeness (QED) is 0.843. The Morgan fingerprint density at radius 3 is 2.90 bits per heavy atom. The fourth-order valence-corrected chi connectivity index (χ4v) is 2.32. The molecule has 0 spiro atoms. The Morgan fingerprint density at radius 2 is 2.25 bits per heavy atom. The number of carbonyl (C=O) groups is 1. The molecule has 1 aliphatic rings. The van der Waals surface area contributed by atoms with E-state index in [1.54, 1.807) is 6.20 Å². The second-order valence-electron chi connectivity index (χ2n) is 4.38. The number of aromatic nitrogens is 3. The van der Waals surface area contributed by atoms with Crippen molar-refractivity contribution in [3.63, 3.8) is 0 Å². The van der Waals surface area contributed by atoms with Crippen LogP contribution in [0.15, 0.2) is 6.20 Å². The van der Waals surface area contributed by atoms with Crippen molar-refractivity contribution in [3.8, 4) is 5.75 Å². The summed E-state index contributed by atoms with van der Waals surface area (Å²) in [5.41, 5.74) is 0.311. The van der Waals surface area contributed by atoms with E-state index in [0.717, 1.165) is 0 Å². The maximum absolute atomic E-state index is 11.4. The third-order valence-electron chi connectivity index (χ3n) is 3.26. The molecule has 0 saturated carbocycles. The number of H-pyrrole nitrogens is 1. The lowest BCUT2D eigenvalue weighted by Crippen LogP contribution is -2.37. The van der Waals surface area contributed by atoms with E-state index in [1.165, 1.54) is 7.11 Å². The number of carboxylic acid groups (broad SMARTS) is 1. The van der Waals surface area contributed by atoms with Gasteiger partial charge >= 0.3 is 5.97 Å². The molecule has 1 fully saturated rings. The Kier molecular flexibility index (Phi) is 3.15. The Balaban J connectivity index is 2.20. The summed E-state index contributed by atoms with van der Waals surface area (Å²) in [6.07, 6.45) is 1.55. The fraction of sp³-hybridized carbons (Fsp3) is 0.417. The van der Waals surface area contributed by atoms with Crippen LogP contribution < -0.4 is 9.64 Å². The van der Waals surface area contributed by atoms with Crippen molar-refractivity contribution in [2.45, 2.75) is 0 Å². The molecule has 1 saturated heterocycles. The summed E-state index contributed by atoms with van der Waals surface area (Å²) in [6.45, 7) is 2.45. The van der Waals surface area contributed by atoms with Crippen LogP contribution in [0.2, 0.25) is 0 Å². The first-order valence-corrected chi connectivity index (χ1v) is 6.19. The highest BCUT2D eigenvalue weighted by molar-refractivity contribution is 6.03. The number of aromatic carboxylic acids is 1. The van der Waals surface area contributed by atoms with Gasteiger partial charge in [-0.2, -0.15) is 5.10 Å². The summed E-state index contributed by atoms with van der Waals surface area (Å²) in [7, 11) is 1.54. The lowest BCUT2D eigenvalue weighted by molar-refractivity contribution is 0.0692. The molecular weight excluding hydrogens is 264 g/mol. The first-order chi connectivity index (χ1) is 9.72. The van der Waals surface area contributed by atoms with Crippen LogP contribution in [0.3, 0.4) is 0 Å². The van der Waals surface area contributed by atoms with Gasteiger partial charge in [0.2, 0.25) is 0 Å². The molecule has 0 amide bonds. The molecule has 106 valence electrons. The monoisotopic (exact) mass is 278 g/mol. The van der Waals surface area contributed by atoms with Gasteiger partial charge in [0.15, 0.2) is 17.3 Å². The highest BCUT2D eigenvalue weighted by Gasteiger charge is 2.24. The Labute approximate surface area is 114 Å². The molecule has 0 radical (unpaired) electrons. The molecule has 0 atom stereocenters. The van der Waals surface area contributed by atoms with Crippen molar-refractivity contribution in [1.82, 2.24) is 15.2 Å². The van der Waals surface area contributed by atoms with Crippen LogP contribution >= 0.6 is 0 Å². The molecule has 20 heavy (non-hydrogen) atoms. The summed E-state index contributed by atoms with van der Waals surface area (Å²) < 4.78 is 10.7. The zero-order valence-electron chi connectivity index (χ0n) is 10.9. The molecule has 1 aliphatic heterocycles. The number of morpholine rings is 1. The molecule has 2 aromatic rings. The molecule has 3 rings (SSSR count). The molecule has 2 N–H and O–H groups in total. The first kappa shape index (κ1) is 12.7. The van der Waals surface area contributed by atoms with Crippen LogP contribution in [0, 0.1) is 0 Å². The highest BCUT2D eigenvalue weighted by atomic mass is 16.5. The first-order valence-electron chi connectivity index (χ1n) is 6.19. The van der Waals surface area contributed by atoms with Crippen molar-refractivity contribution in [3.05, 3.63) is 11.9 Å². The van der Waals surface area contributed by atoms with Crippen molar-refractivity contribution in [2.24, 2.45) is 0 Å². The van der Waals surface area contributed by atoms with Gasteiger partial charge in [-0.15, -0.1) is 0 Å². The number of pyridine rings is 1. The minimum Gasteiger partial charge on any atom is -0.492 e. The molecule has 3 heterocycles. The maximum Gasteiger partial charge on any atom is 0.356 e. The van der Waals surface area contributed by atoms with Crippen LogP contribution in [0.1, 0.15) is 10.5 Å². The molecule has 0 aromatic carbocycles. The topological polar surface area (TPSA) is 101 Å². The summed E-state index contributed by atoms with van der Waals surface area (Å²) in [5, 5.41) is 16.5. The predicted octanol–water partition coefficient (Wildman–Crippen LogP) is 0.501. The molecule has 2 aromatic heterocycles. The second-order valence-corrected chi connectivity index (χ2v) is 4.38. The summed E-state index contributed by atoms with van der Waals surface area (Å²) >= 11 is 0. The van der Waals surface area contributed by atoms with Crippen molar-refractivity contribution < 1.29 is 19.4 Å². The van der Waals surface area contributed by atoms with E-state index in [0.29, 0.717) is 48.8 Å². The number of nitrogens with zero attached hydrogens (tertiary/aromatic N) is 3. The Bertz CT molecular complexity index is 648. The summed E-state index contributed by atoms with van der Waals surface area (Å²) in [4.78, 5) is 17.6. The van der Waals surface area contributed by atoms with Crippen molar-refractivity contribution in [2.75, 3.05) is 38.3 Å². The number of aromatic amines is 1. The van der Waals surface area contributed by atoms with E-state index in [-0.39, 0.29) is 5.69 Å². The Morgan fingerprint density at radius 1 is 1.50 bits per heavy atom. The third-order valence-corrected chi connectivity index (χ3v) is 3.26. The predicted molar refractivity (Wildman–Crippen MR) is 70.4 cm³/mol. The number of carboxylic acids is 1. The zero-order valence-corrected chi connectivity index (χ0v) is 10.9. The summed E-state index contributed by atoms with van der Waals surface area (Å²) in [6, 6.07) is 0.